The van der Waals surface area contributed by atoms with Gasteiger partial charge in [-0.25, -0.2) is 0 Å². The molecule has 1 aromatic carbocycles. The monoisotopic (exact) mass is 446 g/mol. The van der Waals surface area contributed by atoms with Crippen LogP contribution < -0.4 is 6.15 Å². The minimum absolute atomic E-state index is 0. The van der Waals surface area contributed by atoms with E-state index in [-0.39, 0.29) is 17.0 Å². The number of benzene rings is 1. The second-order valence-corrected chi connectivity index (χ2v) is 7.86. The van der Waals surface area contributed by atoms with Crippen LogP contribution in [0.4, 0.5) is 0 Å². The van der Waals surface area contributed by atoms with Crippen molar-refractivity contribution in [3.8, 4) is 0 Å². The van der Waals surface area contributed by atoms with Gasteiger partial charge in [0.25, 0.3) is 0 Å². The number of allylic oxidation sites excluding steroid dienone is 3. The van der Waals surface area contributed by atoms with Crippen molar-refractivity contribution >= 4 is 10.9 Å². The number of nitrogens with zero attached hydrogens (tertiary/aromatic N) is 1. The molecule has 0 spiro atoms. The van der Waals surface area contributed by atoms with E-state index in [0.717, 1.165) is 5.52 Å². The second kappa shape index (κ2) is 23.7. The minimum Gasteiger partial charge on any atom is -0.344 e. The molecule has 1 aromatic heterocycles. The Morgan fingerprint density at radius 1 is 0.812 bits per heavy atom. The Kier molecular flexibility index (Phi) is 30.0. The molecule has 2 rings (SSSR count). The summed E-state index contributed by atoms with van der Waals surface area (Å²) >= 11 is 0. The Morgan fingerprint density at radius 2 is 1.28 bits per heavy atom. The molecule has 2 aromatic rings. The van der Waals surface area contributed by atoms with Gasteiger partial charge in [0.2, 0.25) is 0 Å². The summed E-state index contributed by atoms with van der Waals surface area (Å²) < 4.78 is 0. The highest BCUT2D eigenvalue weighted by atomic mass is 14.6. The summed E-state index contributed by atoms with van der Waals surface area (Å²) in [5.74, 6) is 0. The fourth-order valence-electron chi connectivity index (χ4n) is 2.40. The van der Waals surface area contributed by atoms with Crippen LogP contribution in [0.5, 0.6) is 0 Å². The van der Waals surface area contributed by atoms with E-state index < -0.39 is 0 Å². The Balaban J connectivity index is -0.000000118. The molecule has 0 aliphatic carbocycles. The number of pyridine rings is 1. The lowest BCUT2D eigenvalue weighted by molar-refractivity contribution is 0.516. The van der Waals surface area contributed by atoms with Crippen molar-refractivity contribution in [3.05, 3.63) is 66.4 Å². The third kappa shape index (κ3) is 17.7. The zero-order valence-electron chi connectivity index (χ0n) is 24.5. The van der Waals surface area contributed by atoms with Crippen LogP contribution in [-0.2, 0) is 5.41 Å². The van der Waals surface area contributed by atoms with Crippen molar-refractivity contribution in [1.82, 2.24) is 11.1 Å². The fraction of sp³-hybridized carbons (Fsp3) is 0.567. The SMILES string of the molecule is C=C/C(=C\C)C(C)(C)C.CC.CC.CC.CC.CC(C)(C)c1ccc2ncccc2c1.N. The molecule has 2 nitrogen and oxygen atoms in total. The van der Waals surface area contributed by atoms with Crippen LogP contribution in [0.2, 0.25) is 0 Å². The molecule has 0 aliphatic heterocycles. The van der Waals surface area contributed by atoms with Crippen molar-refractivity contribution in [3.63, 3.8) is 0 Å². The van der Waals surface area contributed by atoms with Crippen molar-refractivity contribution in [2.75, 3.05) is 0 Å². The van der Waals surface area contributed by atoms with Crippen LogP contribution in [0, 0.1) is 5.41 Å². The van der Waals surface area contributed by atoms with E-state index in [0.29, 0.717) is 0 Å². The van der Waals surface area contributed by atoms with Gasteiger partial charge in [0.1, 0.15) is 0 Å². The quantitative estimate of drug-likeness (QED) is 0.443. The lowest BCUT2D eigenvalue weighted by atomic mass is 9.86. The molecule has 1 heterocycles. The first-order valence-electron chi connectivity index (χ1n) is 12.2. The van der Waals surface area contributed by atoms with Crippen molar-refractivity contribution < 1.29 is 0 Å². The first kappa shape index (κ1) is 40.4. The first-order chi connectivity index (χ1) is 14.6. The van der Waals surface area contributed by atoms with Gasteiger partial charge in [-0.15, -0.1) is 0 Å². The van der Waals surface area contributed by atoms with Gasteiger partial charge in [0, 0.05) is 11.6 Å². The van der Waals surface area contributed by atoms with Crippen LogP contribution in [0.15, 0.2) is 60.8 Å². The molecule has 32 heavy (non-hydrogen) atoms. The topological polar surface area (TPSA) is 47.9 Å². The van der Waals surface area contributed by atoms with Gasteiger partial charge in [-0.05, 0) is 47.1 Å². The molecule has 0 atom stereocenters. The van der Waals surface area contributed by atoms with E-state index in [1.165, 1.54) is 16.5 Å². The largest absolute Gasteiger partial charge is 0.344 e. The molecule has 0 aliphatic rings. The van der Waals surface area contributed by atoms with Gasteiger partial charge in [-0.1, -0.05) is 128 Å². The third-order valence-electron chi connectivity index (χ3n) is 3.87. The van der Waals surface area contributed by atoms with Gasteiger partial charge in [0.15, 0.2) is 0 Å². The summed E-state index contributed by atoms with van der Waals surface area (Å²) in [6.45, 7) is 35.0. The van der Waals surface area contributed by atoms with Crippen LogP contribution in [0.3, 0.4) is 0 Å². The summed E-state index contributed by atoms with van der Waals surface area (Å²) in [7, 11) is 0. The molecular formula is C30H58N2. The average Bonchev–Trinajstić information content (AvgIpc) is 2.78. The predicted molar refractivity (Wildman–Crippen MR) is 154 cm³/mol. The van der Waals surface area contributed by atoms with E-state index in [1.54, 1.807) is 0 Å². The van der Waals surface area contributed by atoms with Crippen molar-refractivity contribution in [2.45, 2.75) is 109 Å². The maximum atomic E-state index is 4.30. The van der Waals surface area contributed by atoms with Gasteiger partial charge in [0.05, 0.1) is 5.52 Å². The smallest absolute Gasteiger partial charge is 0.0702 e. The zero-order valence-corrected chi connectivity index (χ0v) is 24.5. The Morgan fingerprint density at radius 3 is 1.59 bits per heavy atom. The molecule has 3 N–H and O–H groups in total. The summed E-state index contributed by atoms with van der Waals surface area (Å²) in [6, 6.07) is 10.6. The number of rotatable bonds is 1. The molecule has 0 saturated heterocycles. The minimum atomic E-state index is 0. The van der Waals surface area contributed by atoms with E-state index in [2.05, 4.69) is 83.4 Å². The molecule has 188 valence electrons. The average molecular weight is 447 g/mol. The standard InChI is InChI=1S/C13H15N.C9H16.4C2H6.H3N/c1-13(2,3)11-6-7-12-10(9-11)5-4-8-14-12;1-6-8(7-2)9(3,4)5;4*1-2;/h4-9H,1-3H3;6-7H,1H2,2-5H3;4*1-2H3;1H3/b;8-7+;;;;;. The van der Waals surface area contributed by atoms with Crippen LogP contribution in [-0.4, -0.2) is 4.98 Å². The maximum absolute atomic E-state index is 4.30. The van der Waals surface area contributed by atoms with E-state index in [4.69, 9.17) is 0 Å². The van der Waals surface area contributed by atoms with Crippen molar-refractivity contribution in [1.29, 1.82) is 0 Å². The molecular weight excluding hydrogens is 388 g/mol. The fourth-order valence-corrected chi connectivity index (χ4v) is 2.40. The van der Waals surface area contributed by atoms with Gasteiger partial charge >= 0.3 is 0 Å². The number of fused-ring (bicyclic) bond motifs is 1. The summed E-state index contributed by atoms with van der Waals surface area (Å²) in [4.78, 5) is 4.30. The molecule has 0 fully saturated rings. The van der Waals surface area contributed by atoms with Crippen LogP contribution >= 0.6 is 0 Å². The van der Waals surface area contributed by atoms with Gasteiger partial charge in [-0.3, -0.25) is 4.98 Å². The molecule has 0 bridgehead atoms. The Labute approximate surface area is 203 Å². The van der Waals surface area contributed by atoms with Crippen molar-refractivity contribution in [2.24, 2.45) is 5.41 Å². The Bertz CT molecular complexity index is 684. The molecule has 0 radical (unpaired) electrons. The van der Waals surface area contributed by atoms with E-state index in [9.17, 15) is 0 Å². The molecule has 2 heteroatoms. The second-order valence-electron chi connectivity index (χ2n) is 7.86. The zero-order chi connectivity index (χ0) is 25.7. The van der Waals surface area contributed by atoms with Crippen LogP contribution in [0.25, 0.3) is 10.9 Å². The summed E-state index contributed by atoms with van der Waals surface area (Å²) in [5.41, 5.74) is 4.21. The lowest BCUT2D eigenvalue weighted by Crippen LogP contribution is -2.10. The van der Waals surface area contributed by atoms with Gasteiger partial charge in [-0.2, -0.15) is 0 Å². The number of aromatic nitrogens is 1. The summed E-state index contributed by atoms with van der Waals surface area (Å²) in [6.07, 6.45) is 5.85. The molecule has 0 amide bonds. The maximum Gasteiger partial charge on any atom is 0.0702 e. The first-order valence-corrected chi connectivity index (χ1v) is 12.2. The van der Waals surface area contributed by atoms with E-state index >= 15 is 0 Å². The number of hydrogen-bond acceptors (Lipinski definition) is 2. The van der Waals surface area contributed by atoms with Crippen LogP contribution in [0.1, 0.15) is 109 Å². The highest BCUT2D eigenvalue weighted by Crippen LogP contribution is 2.25. The van der Waals surface area contributed by atoms with E-state index in [1.807, 2.05) is 80.7 Å². The number of hydrogen-bond donors (Lipinski definition) is 1. The normalized spacial score (nSPS) is 9.78. The lowest BCUT2D eigenvalue weighted by Gasteiger charge is -2.19. The Hall–Kier alpha value is -1.93. The van der Waals surface area contributed by atoms with Gasteiger partial charge < -0.3 is 6.15 Å². The highest BCUT2D eigenvalue weighted by molar-refractivity contribution is 5.79. The highest BCUT2D eigenvalue weighted by Gasteiger charge is 2.13. The predicted octanol–water partition coefficient (Wildman–Crippen LogP) is 11.0. The molecule has 0 unspecified atom stereocenters. The molecule has 0 saturated carbocycles. The third-order valence-corrected chi connectivity index (χ3v) is 3.87. The summed E-state index contributed by atoms with van der Waals surface area (Å²) in [5, 5.41) is 1.22.